The van der Waals surface area contributed by atoms with E-state index in [1.807, 2.05) is 0 Å². The van der Waals surface area contributed by atoms with Crippen molar-refractivity contribution in [2.24, 2.45) is 0 Å². The maximum Gasteiger partial charge on any atom is 0.00225 e. The Morgan fingerprint density at radius 2 is 2.00 bits per heavy atom. The zero-order valence-corrected chi connectivity index (χ0v) is 11.8. The number of unbranched alkanes of at least 4 members (excludes halogenated alkanes) is 1. The highest BCUT2D eigenvalue weighted by atomic mass is 14.9. The summed E-state index contributed by atoms with van der Waals surface area (Å²) in [6, 6.07) is 9.54. The van der Waals surface area contributed by atoms with E-state index in [1.165, 1.54) is 30.4 Å². The van der Waals surface area contributed by atoms with Gasteiger partial charge in [0.25, 0.3) is 0 Å². The summed E-state index contributed by atoms with van der Waals surface area (Å²) in [6.07, 6.45) is 3.89. The Balaban J connectivity index is 2.67. The molecule has 0 saturated heterocycles. The number of nitrogens with one attached hydrogen (secondary N) is 1. The van der Waals surface area contributed by atoms with Gasteiger partial charge in [-0.05, 0) is 24.8 Å². The molecule has 1 aromatic rings. The Bertz CT molecular complexity index is 317. The lowest BCUT2D eigenvalue weighted by Gasteiger charge is -2.20. The van der Waals surface area contributed by atoms with E-state index in [-0.39, 0.29) is 0 Å². The summed E-state index contributed by atoms with van der Waals surface area (Å²) in [5.41, 5.74) is 2.86. The van der Waals surface area contributed by atoms with E-state index in [2.05, 4.69) is 57.3 Å². The Labute approximate surface area is 107 Å². The van der Waals surface area contributed by atoms with Crippen LogP contribution in [0.25, 0.3) is 0 Å². The van der Waals surface area contributed by atoms with Crippen LogP contribution in [-0.2, 0) is 0 Å². The van der Waals surface area contributed by atoms with E-state index in [0.717, 1.165) is 6.54 Å². The zero-order chi connectivity index (χ0) is 12.7. The van der Waals surface area contributed by atoms with Gasteiger partial charge in [0, 0.05) is 12.6 Å². The molecule has 0 fully saturated rings. The molecular formula is C16H27N. The largest absolute Gasteiger partial charge is 0.314 e. The molecule has 96 valence electrons. The van der Waals surface area contributed by atoms with Crippen molar-refractivity contribution >= 4 is 0 Å². The maximum absolute atomic E-state index is 3.57. The van der Waals surface area contributed by atoms with Crippen molar-refractivity contribution in [2.45, 2.75) is 58.9 Å². The first kappa shape index (κ1) is 14.2. The second kappa shape index (κ2) is 7.50. The minimum Gasteiger partial charge on any atom is -0.314 e. The first-order valence-electron chi connectivity index (χ1n) is 6.93. The molecule has 0 amide bonds. The quantitative estimate of drug-likeness (QED) is 0.741. The van der Waals surface area contributed by atoms with Crippen LogP contribution < -0.4 is 5.32 Å². The lowest BCUT2D eigenvalue weighted by molar-refractivity contribution is 0.495. The molecule has 0 saturated carbocycles. The molecule has 0 aliphatic carbocycles. The summed E-state index contributed by atoms with van der Waals surface area (Å²) < 4.78 is 0. The third-order valence-electron chi connectivity index (χ3n) is 3.19. The Hall–Kier alpha value is -0.820. The van der Waals surface area contributed by atoms with E-state index in [9.17, 15) is 0 Å². The van der Waals surface area contributed by atoms with Gasteiger partial charge in [-0.1, -0.05) is 63.4 Å². The van der Waals surface area contributed by atoms with Gasteiger partial charge >= 0.3 is 0 Å². The van der Waals surface area contributed by atoms with Crippen LogP contribution in [0.3, 0.4) is 0 Å². The van der Waals surface area contributed by atoms with Crippen LogP contribution in [0.15, 0.2) is 24.3 Å². The highest BCUT2D eigenvalue weighted by Gasteiger charge is 2.11. The summed E-state index contributed by atoms with van der Waals surface area (Å²) in [5.74, 6) is 0.664. The van der Waals surface area contributed by atoms with E-state index in [4.69, 9.17) is 0 Å². The highest BCUT2D eigenvalue weighted by molar-refractivity contribution is 5.25. The molecule has 0 aliphatic heterocycles. The van der Waals surface area contributed by atoms with E-state index in [1.54, 1.807) is 0 Å². The lowest BCUT2D eigenvalue weighted by atomic mass is 9.92. The van der Waals surface area contributed by atoms with Gasteiger partial charge in [-0.25, -0.2) is 0 Å². The van der Waals surface area contributed by atoms with Crippen molar-refractivity contribution in [2.75, 3.05) is 6.54 Å². The Morgan fingerprint density at radius 3 is 2.59 bits per heavy atom. The van der Waals surface area contributed by atoms with E-state index in [0.29, 0.717) is 12.0 Å². The minimum absolute atomic E-state index is 0.573. The summed E-state index contributed by atoms with van der Waals surface area (Å²) >= 11 is 0. The number of benzene rings is 1. The fourth-order valence-electron chi connectivity index (χ4n) is 2.14. The molecule has 0 bridgehead atoms. The Kier molecular flexibility index (Phi) is 6.28. The second-order valence-electron chi connectivity index (χ2n) is 5.32. The predicted molar refractivity (Wildman–Crippen MR) is 76.6 cm³/mol. The van der Waals surface area contributed by atoms with Crippen LogP contribution in [0.4, 0.5) is 0 Å². The first-order valence-corrected chi connectivity index (χ1v) is 6.93. The van der Waals surface area contributed by atoms with Gasteiger partial charge in [0.2, 0.25) is 0 Å². The normalized spacial score (nSPS) is 13.0. The third kappa shape index (κ3) is 5.36. The standard InChI is InChI=1S/C16H27N/c1-5-6-9-16(12-17-13(2)3)15-10-7-8-14(4)11-15/h7-8,10-11,13,16-17H,5-6,9,12H2,1-4H3. The molecule has 0 aliphatic rings. The summed E-state index contributed by atoms with van der Waals surface area (Å²) in [4.78, 5) is 0. The fourth-order valence-corrected chi connectivity index (χ4v) is 2.14. The van der Waals surface area contributed by atoms with Gasteiger partial charge in [0.1, 0.15) is 0 Å². The van der Waals surface area contributed by atoms with Gasteiger partial charge in [0.15, 0.2) is 0 Å². The molecule has 1 nitrogen and oxygen atoms in total. The monoisotopic (exact) mass is 233 g/mol. The van der Waals surface area contributed by atoms with Gasteiger partial charge in [-0.3, -0.25) is 0 Å². The second-order valence-corrected chi connectivity index (χ2v) is 5.32. The average Bonchev–Trinajstić information content (AvgIpc) is 2.29. The molecule has 0 spiro atoms. The zero-order valence-electron chi connectivity index (χ0n) is 11.8. The minimum atomic E-state index is 0.573. The van der Waals surface area contributed by atoms with E-state index < -0.39 is 0 Å². The smallest absolute Gasteiger partial charge is 0.00225 e. The first-order chi connectivity index (χ1) is 8.13. The molecule has 1 N–H and O–H groups in total. The number of hydrogen-bond acceptors (Lipinski definition) is 1. The van der Waals surface area contributed by atoms with Crippen molar-refractivity contribution < 1.29 is 0 Å². The van der Waals surface area contributed by atoms with Crippen molar-refractivity contribution in [3.05, 3.63) is 35.4 Å². The van der Waals surface area contributed by atoms with Crippen molar-refractivity contribution in [3.8, 4) is 0 Å². The van der Waals surface area contributed by atoms with Crippen LogP contribution in [0, 0.1) is 6.92 Å². The predicted octanol–water partition coefficient (Wildman–Crippen LogP) is 4.27. The van der Waals surface area contributed by atoms with Gasteiger partial charge in [0.05, 0.1) is 0 Å². The number of hydrogen-bond donors (Lipinski definition) is 1. The molecular weight excluding hydrogens is 206 g/mol. The summed E-state index contributed by atoms with van der Waals surface area (Å²) in [5, 5.41) is 3.57. The molecule has 1 unspecified atom stereocenters. The topological polar surface area (TPSA) is 12.0 Å². The van der Waals surface area contributed by atoms with Gasteiger partial charge in [-0.2, -0.15) is 0 Å². The summed E-state index contributed by atoms with van der Waals surface area (Å²) in [6.45, 7) is 9.97. The molecule has 1 heteroatoms. The molecule has 0 heterocycles. The number of rotatable bonds is 7. The third-order valence-corrected chi connectivity index (χ3v) is 3.19. The SMILES string of the molecule is CCCCC(CNC(C)C)c1cccc(C)c1. The van der Waals surface area contributed by atoms with Crippen LogP contribution >= 0.6 is 0 Å². The van der Waals surface area contributed by atoms with E-state index >= 15 is 0 Å². The van der Waals surface area contributed by atoms with Crippen LogP contribution in [-0.4, -0.2) is 12.6 Å². The van der Waals surface area contributed by atoms with Crippen molar-refractivity contribution in [1.82, 2.24) is 5.32 Å². The van der Waals surface area contributed by atoms with Gasteiger partial charge in [-0.15, -0.1) is 0 Å². The highest BCUT2D eigenvalue weighted by Crippen LogP contribution is 2.22. The molecule has 0 radical (unpaired) electrons. The van der Waals surface area contributed by atoms with Crippen LogP contribution in [0.1, 0.15) is 57.1 Å². The van der Waals surface area contributed by atoms with Crippen molar-refractivity contribution in [1.29, 1.82) is 0 Å². The molecule has 17 heavy (non-hydrogen) atoms. The lowest BCUT2D eigenvalue weighted by Crippen LogP contribution is -2.28. The van der Waals surface area contributed by atoms with Crippen LogP contribution in [0.2, 0.25) is 0 Å². The molecule has 1 rings (SSSR count). The van der Waals surface area contributed by atoms with Crippen molar-refractivity contribution in [3.63, 3.8) is 0 Å². The molecule has 1 aromatic carbocycles. The molecule has 0 aromatic heterocycles. The Morgan fingerprint density at radius 1 is 1.24 bits per heavy atom. The van der Waals surface area contributed by atoms with Gasteiger partial charge < -0.3 is 5.32 Å². The number of aryl methyl sites for hydroxylation is 1. The maximum atomic E-state index is 3.57. The summed E-state index contributed by atoms with van der Waals surface area (Å²) in [7, 11) is 0. The fraction of sp³-hybridized carbons (Fsp3) is 0.625. The molecule has 1 atom stereocenters. The van der Waals surface area contributed by atoms with Crippen LogP contribution in [0.5, 0.6) is 0 Å². The average molecular weight is 233 g/mol.